The number of carbonyl (C=O) groups is 1. The number of furan rings is 1. The van der Waals surface area contributed by atoms with Gasteiger partial charge < -0.3 is 9.15 Å². The number of benzene rings is 1. The number of amides is 1. The fourth-order valence-corrected chi connectivity index (χ4v) is 4.49. The Hall–Kier alpha value is -2.16. The Morgan fingerprint density at radius 2 is 2.20 bits per heavy atom. The van der Waals surface area contributed by atoms with Crippen LogP contribution < -0.4 is 10.1 Å². The number of hydrogen-bond acceptors (Lipinski definition) is 6. The molecule has 0 bridgehead atoms. The normalized spacial score (nSPS) is 11.0. The van der Waals surface area contributed by atoms with Crippen LogP contribution in [0.2, 0.25) is 0 Å². The minimum absolute atomic E-state index is 0.218. The number of anilines is 1. The van der Waals surface area contributed by atoms with Crippen molar-refractivity contribution in [2.45, 2.75) is 0 Å². The van der Waals surface area contributed by atoms with Crippen LogP contribution in [0.3, 0.4) is 0 Å². The number of nitrogens with zero attached hydrogens (tertiary/aromatic N) is 1. The lowest BCUT2D eigenvalue weighted by atomic mass is 10.2. The van der Waals surface area contributed by atoms with Crippen molar-refractivity contribution < 1.29 is 13.9 Å². The van der Waals surface area contributed by atoms with E-state index in [0.29, 0.717) is 16.5 Å². The Kier molecular flexibility index (Phi) is 4.32. The van der Waals surface area contributed by atoms with Gasteiger partial charge in [0.05, 0.1) is 21.5 Å². The predicted octanol–water partition coefficient (Wildman–Crippen LogP) is 5.64. The standard InChI is InChI=1S/C17H11BrN2O3S2/c1-22-11-4-2-3-9-7-12(23-15(9)11)16(21)20-17-19-10(8-24-17)13-5-6-14(18)25-13/h2-8H,1H3,(H,19,20,21). The molecule has 126 valence electrons. The van der Waals surface area contributed by atoms with Gasteiger partial charge in [0.25, 0.3) is 5.91 Å². The van der Waals surface area contributed by atoms with Crippen LogP contribution in [0.5, 0.6) is 5.75 Å². The molecule has 25 heavy (non-hydrogen) atoms. The first-order valence-corrected chi connectivity index (χ1v) is 9.72. The van der Waals surface area contributed by atoms with E-state index < -0.39 is 0 Å². The van der Waals surface area contributed by atoms with Gasteiger partial charge in [-0.1, -0.05) is 12.1 Å². The number of thiazole rings is 1. The van der Waals surface area contributed by atoms with Crippen LogP contribution >= 0.6 is 38.6 Å². The number of fused-ring (bicyclic) bond motifs is 1. The monoisotopic (exact) mass is 434 g/mol. The number of hydrogen-bond donors (Lipinski definition) is 1. The number of rotatable bonds is 4. The third-order valence-corrected chi connectivity index (χ3v) is 5.91. The molecule has 1 N–H and O–H groups in total. The summed E-state index contributed by atoms with van der Waals surface area (Å²) in [6, 6.07) is 11.2. The molecule has 0 atom stereocenters. The van der Waals surface area contributed by atoms with Gasteiger partial charge in [0.1, 0.15) is 0 Å². The highest BCUT2D eigenvalue weighted by Gasteiger charge is 2.16. The van der Waals surface area contributed by atoms with Gasteiger partial charge in [-0.15, -0.1) is 22.7 Å². The van der Waals surface area contributed by atoms with Crippen molar-refractivity contribution in [3.8, 4) is 16.3 Å². The first kappa shape index (κ1) is 16.3. The molecule has 0 fully saturated rings. The van der Waals surface area contributed by atoms with Gasteiger partial charge in [0.2, 0.25) is 0 Å². The van der Waals surface area contributed by atoms with Crippen molar-refractivity contribution in [3.05, 3.63) is 51.3 Å². The smallest absolute Gasteiger partial charge is 0.293 e. The molecule has 0 aliphatic rings. The molecule has 4 rings (SSSR count). The Morgan fingerprint density at radius 3 is 2.96 bits per heavy atom. The Labute approximate surface area is 159 Å². The van der Waals surface area contributed by atoms with Gasteiger partial charge in [-0.05, 0) is 40.2 Å². The predicted molar refractivity (Wildman–Crippen MR) is 104 cm³/mol. The first-order chi connectivity index (χ1) is 12.1. The first-order valence-electron chi connectivity index (χ1n) is 7.23. The molecule has 0 unspecified atom stereocenters. The fraction of sp³-hybridized carbons (Fsp3) is 0.0588. The van der Waals surface area contributed by atoms with Crippen molar-refractivity contribution in [2.75, 3.05) is 12.4 Å². The van der Waals surface area contributed by atoms with Crippen LogP contribution in [0.4, 0.5) is 5.13 Å². The van der Waals surface area contributed by atoms with Crippen molar-refractivity contribution >= 4 is 60.6 Å². The van der Waals surface area contributed by atoms with Gasteiger partial charge in [-0.2, -0.15) is 0 Å². The molecule has 3 aromatic heterocycles. The van der Waals surface area contributed by atoms with Crippen LogP contribution in [0.1, 0.15) is 10.6 Å². The van der Waals surface area contributed by atoms with Crippen molar-refractivity contribution in [1.29, 1.82) is 0 Å². The van der Waals surface area contributed by atoms with E-state index in [4.69, 9.17) is 9.15 Å². The van der Waals surface area contributed by atoms with Crippen LogP contribution in [0, 0.1) is 0 Å². The maximum absolute atomic E-state index is 12.4. The lowest BCUT2D eigenvalue weighted by Gasteiger charge is -1.99. The van der Waals surface area contributed by atoms with E-state index in [0.717, 1.165) is 19.7 Å². The minimum atomic E-state index is -0.341. The topological polar surface area (TPSA) is 64.4 Å². The highest BCUT2D eigenvalue weighted by molar-refractivity contribution is 9.11. The van der Waals surface area contributed by atoms with Crippen molar-refractivity contribution in [3.63, 3.8) is 0 Å². The molecule has 3 heterocycles. The molecular formula is C17H11BrN2O3S2. The van der Waals surface area contributed by atoms with Crippen LogP contribution in [-0.4, -0.2) is 18.0 Å². The summed E-state index contributed by atoms with van der Waals surface area (Å²) in [5.74, 6) is 0.470. The summed E-state index contributed by atoms with van der Waals surface area (Å²) in [7, 11) is 1.57. The number of para-hydroxylation sites is 1. The minimum Gasteiger partial charge on any atom is -0.493 e. The summed E-state index contributed by atoms with van der Waals surface area (Å²) >= 11 is 6.40. The van der Waals surface area contributed by atoms with Crippen molar-refractivity contribution in [1.82, 2.24) is 4.98 Å². The van der Waals surface area contributed by atoms with Gasteiger partial charge >= 0.3 is 0 Å². The van der Waals surface area contributed by atoms with Gasteiger partial charge in [0, 0.05) is 10.8 Å². The number of nitrogens with one attached hydrogen (secondary N) is 1. The van der Waals surface area contributed by atoms with Crippen LogP contribution in [0.15, 0.2) is 50.0 Å². The van der Waals surface area contributed by atoms with Crippen molar-refractivity contribution in [2.24, 2.45) is 0 Å². The fourth-order valence-electron chi connectivity index (χ4n) is 2.36. The highest BCUT2D eigenvalue weighted by atomic mass is 79.9. The van der Waals surface area contributed by atoms with Gasteiger partial charge in [-0.25, -0.2) is 4.98 Å². The van der Waals surface area contributed by atoms with Crippen LogP contribution in [-0.2, 0) is 0 Å². The highest BCUT2D eigenvalue weighted by Crippen LogP contribution is 2.33. The number of thiophene rings is 1. The zero-order valence-electron chi connectivity index (χ0n) is 12.9. The van der Waals surface area contributed by atoms with Gasteiger partial charge in [-0.3, -0.25) is 10.1 Å². The quantitative estimate of drug-likeness (QED) is 0.451. The lowest BCUT2D eigenvalue weighted by Crippen LogP contribution is -2.10. The molecular weight excluding hydrogens is 424 g/mol. The van der Waals surface area contributed by atoms with Crippen LogP contribution in [0.25, 0.3) is 21.5 Å². The summed E-state index contributed by atoms with van der Waals surface area (Å²) in [6.45, 7) is 0. The maximum Gasteiger partial charge on any atom is 0.293 e. The second-order valence-corrected chi connectivity index (χ2v) is 8.41. The average Bonchev–Trinajstić information content (AvgIpc) is 3.32. The third kappa shape index (κ3) is 3.20. The molecule has 1 aromatic carbocycles. The third-order valence-electron chi connectivity index (χ3n) is 3.50. The molecule has 0 aliphatic carbocycles. The molecule has 8 heteroatoms. The Balaban J connectivity index is 1.57. The lowest BCUT2D eigenvalue weighted by molar-refractivity contribution is 0.0998. The molecule has 0 saturated carbocycles. The SMILES string of the molecule is COc1cccc2cc(C(=O)Nc3nc(-c4ccc(Br)s4)cs3)oc12. The Morgan fingerprint density at radius 1 is 1.32 bits per heavy atom. The Bertz CT molecular complexity index is 1070. The van der Waals surface area contributed by atoms with E-state index in [1.807, 2.05) is 29.6 Å². The summed E-state index contributed by atoms with van der Waals surface area (Å²) in [4.78, 5) is 17.9. The average molecular weight is 435 g/mol. The molecule has 5 nitrogen and oxygen atoms in total. The molecule has 0 saturated heterocycles. The van der Waals surface area contributed by atoms with E-state index in [-0.39, 0.29) is 11.7 Å². The van der Waals surface area contributed by atoms with E-state index in [1.54, 1.807) is 30.6 Å². The van der Waals surface area contributed by atoms with E-state index in [2.05, 4.69) is 26.2 Å². The number of halogens is 1. The zero-order valence-corrected chi connectivity index (χ0v) is 16.1. The van der Waals surface area contributed by atoms with E-state index >= 15 is 0 Å². The number of carbonyl (C=O) groups excluding carboxylic acids is 1. The molecule has 0 spiro atoms. The number of methoxy groups -OCH3 is 1. The maximum atomic E-state index is 12.4. The second-order valence-electron chi connectivity index (χ2n) is 5.09. The molecule has 4 aromatic rings. The summed E-state index contributed by atoms with van der Waals surface area (Å²) in [5, 5.41) is 6.03. The molecule has 0 aliphatic heterocycles. The summed E-state index contributed by atoms with van der Waals surface area (Å²) < 4.78 is 11.9. The number of aromatic nitrogens is 1. The van der Waals surface area contributed by atoms with Gasteiger partial charge in [0.15, 0.2) is 22.2 Å². The molecule has 0 radical (unpaired) electrons. The number of ether oxygens (including phenoxy) is 1. The zero-order chi connectivity index (χ0) is 17.4. The largest absolute Gasteiger partial charge is 0.493 e. The van der Waals surface area contributed by atoms with E-state index in [9.17, 15) is 4.79 Å². The summed E-state index contributed by atoms with van der Waals surface area (Å²) in [6.07, 6.45) is 0. The van der Waals surface area contributed by atoms with E-state index in [1.165, 1.54) is 11.3 Å². The summed E-state index contributed by atoms with van der Waals surface area (Å²) in [5.41, 5.74) is 1.39. The molecule has 1 amide bonds. The second kappa shape index (κ2) is 6.62.